The number of nitrogens with one attached hydrogen (secondary N) is 1. The van der Waals surface area contributed by atoms with Crippen LogP contribution in [0.3, 0.4) is 0 Å². The molecule has 6 heteroatoms. The molecule has 1 saturated heterocycles. The number of aryl methyl sites for hydroxylation is 3. The summed E-state index contributed by atoms with van der Waals surface area (Å²) in [4.78, 5) is 32.3. The lowest BCUT2D eigenvalue weighted by Crippen LogP contribution is -2.35. The molecule has 0 bridgehead atoms. The third-order valence-corrected chi connectivity index (χ3v) is 6.40. The molecule has 2 aromatic carbocycles. The molecular weight excluding hydrogens is 382 g/mol. The lowest BCUT2D eigenvalue weighted by atomic mass is 10.1. The van der Waals surface area contributed by atoms with Crippen LogP contribution in [0, 0.1) is 20.8 Å². The number of benzene rings is 2. The third kappa shape index (κ3) is 4.37. The second kappa shape index (κ2) is 8.03. The first-order chi connectivity index (χ1) is 13.9. The van der Waals surface area contributed by atoms with Crippen molar-refractivity contribution in [3.8, 4) is 0 Å². The number of carbonyl (C=O) groups is 2. The maximum Gasteiger partial charge on any atom is 0.242 e. The van der Waals surface area contributed by atoms with Crippen LogP contribution in [0.25, 0.3) is 0 Å². The highest BCUT2D eigenvalue weighted by atomic mass is 32.2. The van der Waals surface area contributed by atoms with Gasteiger partial charge >= 0.3 is 0 Å². The molecule has 0 unspecified atom stereocenters. The van der Waals surface area contributed by atoms with Crippen LogP contribution in [0.15, 0.2) is 47.5 Å². The predicted octanol–water partition coefficient (Wildman–Crippen LogP) is 4.73. The molecule has 2 fully saturated rings. The molecule has 4 rings (SSSR count). The van der Waals surface area contributed by atoms with E-state index in [0.29, 0.717) is 0 Å². The SMILES string of the molecule is Cc1ccc(C)c(N=C2S[C@@H](CC(=O)Nc3ccccc3C)C(=O)N2C2CC2)c1. The Hall–Kier alpha value is -2.60. The molecule has 1 atom stereocenters. The summed E-state index contributed by atoms with van der Waals surface area (Å²) < 4.78 is 0. The summed E-state index contributed by atoms with van der Waals surface area (Å²) in [6.07, 6.45) is 2.15. The van der Waals surface area contributed by atoms with E-state index in [1.54, 1.807) is 0 Å². The minimum absolute atomic E-state index is 0.00138. The number of hydrogen-bond donors (Lipinski definition) is 1. The molecule has 1 heterocycles. The number of amides is 2. The van der Waals surface area contributed by atoms with Gasteiger partial charge in [-0.25, -0.2) is 4.99 Å². The Bertz CT molecular complexity index is 997. The van der Waals surface area contributed by atoms with Crippen molar-refractivity contribution in [2.24, 2.45) is 4.99 Å². The summed E-state index contributed by atoms with van der Waals surface area (Å²) in [5.74, 6) is -0.143. The summed E-state index contributed by atoms with van der Waals surface area (Å²) in [5, 5.41) is 3.23. The van der Waals surface area contributed by atoms with Gasteiger partial charge in [0.25, 0.3) is 0 Å². The van der Waals surface area contributed by atoms with E-state index in [2.05, 4.69) is 11.4 Å². The number of anilines is 1. The normalized spacial score (nSPS) is 20.4. The molecular formula is C23H25N3O2S. The maximum absolute atomic E-state index is 13.0. The average molecular weight is 408 g/mol. The number of hydrogen-bond acceptors (Lipinski definition) is 4. The second-order valence-electron chi connectivity index (χ2n) is 7.80. The van der Waals surface area contributed by atoms with E-state index in [4.69, 9.17) is 4.99 Å². The van der Waals surface area contributed by atoms with Crippen molar-refractivity contribution < 1.29 is 9.59 Å². The summed E-state index contributed by atoms with van der Waals surface area (Å²) in [6.45, 7) is 6.01. The molecule has 0 radical (unpaired) electrons. The molecule has 29 heavy (non-hydrogen) atoms. The third-order valence-electron chi connectivity index (χ3n) is 5.25. The Balaban J connectivity index is 1.53. The zero-order valence-electron chi connectivity index (χ0n) is 16.9. The highest BCUT2D eigenvalue weighted by Crippen LogP contribution is 2.40. The molecule has 0 aromatic heterocycles. The van der Waals surface area contributed by atoms with Gasteiger partial charge < -0.3 is 5.32 Å². The van der Waals surface area contributed by atoms with Crippen LogP contribution in [0.2, 0.25) is 0 Å². The Morgan fingerprint density at radius 2 is 1.90 bits per heavy atom. The fourth-order valence-electron chi connectivity index (χ4n) is 3.39. The van der Waals surface area contributed by atoms with Crippen LogP contribution in [0.1, 0.15) is 36.0 Å². The molecule has 1 N–H and O–H groups in total. The smallest absolute Gasteiger partial charge is 0.242 e. The lowest BCUT2D eigenvalue weighted by molar-refractivity contribution is -0.128. The first kappa shape index (κ1) is 19.7. The quantitative estimate of drug-likeness (QED) is 0.779. The van der Waals surface area contributed by atoms with Crippen LogP contribution >= 0.6 is 11.8 Å². The Labute approximate surface area is 175 Å². The van der Waals surface area contributed by atoms with Crippen LogP contribution in [0.4, 0.5) is 11.4 Å². The Morgan fingerprint density at radius 1 is 1.14 bits per heavy atom. The molecule has 5 nitrogen and oxygen atoms in total. The van der Waals surface area contributed by atoms with Crippen molar-refractivity contribution in [3.05, 3.63) is 59.2 Å². The zero-order valence-corrected chi connectivity index (χ0v) is 17.8. The summed E-state index contributed by atoms with van der Waals surface area (Å²) in [7, 11) is 0. The van der Waals surface area contributed by atoms with E-state index in [9.17, 15) is 9.59 Å². The van der Waals surface area contributed by atoms with E-state index in [0.717, 1.165) is 46.1 Å². The molecule has 150 valence electrons. The molecule has 2 aliphatic rings. The van der Waals surface area contributed by atoms with Gasteiger partial charge in [-0.15, -0.1) is 0 Å². The Kier molecular flexibility index (Phi) is 5.46. The largest absolute Gasteiger partial charge is 0.326 e. The maximum atomic E-state index is 13.0. The predicted molar refractivity (Wildman–Crippen MR) is 119 cm³/mol. The van der Waals surface area contributed by atoms with Crippen LogP contribution in [0.5, 0.6) is 0 Å². The first-order valence-corrected chi connectivity index (χ1v) is 10.8. The van der Waals surface area contributed by atoms with E-state index < -0.39 is 5.25 Å². The van der Waals surface area contributed by atoms with Crippen molar-refractivity contribution in [1.82, 2.24) is 4.90 Å². The number of amidine groups is 1. The second-order valence-corrected chi connectivity index (χ2v) is 8.97. The molecule has 1 aliphatic carbocycles. The van der Waals surface area contributed by atoms with Crippen molar-refractivity contribution in [2.75, 3.05) is 5.32 Å². The summed E-state index contributed by atoms with van der Waals surface area (Å²) in [6, 6.07) is 14.0. The minimum Gasteiger partial charge on any atom is -0.326 e. The lowest BCUT2D eigenvalue weighted by Gasteiger charge is -2.15. The Morgan fingerprint density at radius 3 is 2.62 bits per heavy atom. The standard InChI is InChI=1S/C23H25N3O2S/c1-14-8-9-16(3)19(12-14)25-23-26(17-10-11-17)22(28)20(29-23)13-21(27)24-18-7-5-4-6-15(18)2/h4-9,12,17,20H,10-11,13H2,1-3H3,(H,24,27)/t20-/m0/s1. The molecule has 2 amide bonds. The van der Waals surface area contributed by atoms with Crippen molar-refractivity contribution in [1.29, 1.82) is 0 Å². The number of thioether (sulfide) groups is 1. The van der Waals surface area contributed by atoms with Crippen molar-refractivity contribution in [2.45, 2.75) is 51.3 Å². The van der Waals surface area contributed by atoms with Gasteiger partial charge in [0, 0.05) is 18.2 Å². The van der Waals surface area contributed by atoms with Gasteiger partial charge in [0.2, 0.25) is 11.8 Å². The van der Waals surface area contributed by atoms with Crippen LogP contribution in [-0.4, -0.2) is 33.2 Å². The molecule has 0 spiro atoms. The van der Waals surface area contributed by atoms with Gasteiger partial charge in [-0.1, -0.05) is 42.1 Å². The first-order valence-electron chi connectivity index (χ1n) is 9.93. The number of aliphatic imine (C=N–C) groups is 1. The van der Waals surface area contributed by atoms with Crippen LogP contribution in [-0.2, 0) is 9.59 Å². The summed E-state index contributed by atoms with van der Waals surface area (Å²) in [5.41, 5.74) is 4.89. The monoisotopic (exact) mass is 407 g/mol. The highest BCUT2D eigenvalue weighted by Gasteiger charge is 2.46. The van der Waals surface area contributed by atoms with Crippen molar-refractivity contribution >= 4 is 40.1 Å². The zero-order chi connectivity index (χ0) is 20.5. The van der Waals surface area contributed by atoms with Gasteiger partial charge in [0.1, 0.15) is 5.25 Å². The van der Waals surface area contributed by atoms with Gasteiger partial charge in [-0.2, -0.15) is 0 Å². The number of nitrogens with zero attached hydrogens (tertiary/aromatic N) is 2. The molecule has 1 saturated carbocycles. The molecule has 2 aromatic rings. The highest BCUT2D eigenvalue weighted by molar-refractivity contribution is 8.15. The van der Waals surface area contributed by atoms with E-state index in [1.165, 1.54) is 11.8 Å². The molecule has 1 aliphatic heterocycles. The van der Waals surface area contributed by atoms with E-state index >= 15 is 0 Å². The fraction of sp³-hybridized carbons (Fsp3) is 0.348. The van der Waals surface area contributed by atoms with Crippen LogP contribution < -0.4 is 5.32 Å². The minimum atomic E-state index is -0.427. The van der Waals surface area contributed by atoms with Gasteiger partial charge in [-0.05, 0) is 62.4 Å². The fourth-order valence-corrected chi connectivity index (χ4v) is 4.59. The number of para-hydroxylation sites is 1. The average Bonchev–Trinajstić information content (AvgIpc) is 3.46. The van der Waals surface area contributed by atoms with E-state index in [-0.39, 0.29) is 24.3 Å². The van der Waals surface area contributed by atoms with Crippen molar-refractivity contribution in [3.63, 3.8) is 0 Å². The van der Waals surface area contributed by atoms with Gasteiger partial charge in [-0.3, -0.25) is 14.5 Å². The number of rotatable bonds is 5. The topological polar surface area (TPSA) is 61.8 Å². The summed E-state index contributed by atoms with van der Waals surface area (Å²) >= 11 is 1.41. The van der Waals surface area contributed by atoms with Gasteiger partial charge in [0.05, 0.1) is 5.69 Å². The van der Waals surface area contributed by atoms with E-state index in [1.807, 2.05) is 62.1 Å². The number of carbonyl (C=O) groups excluding carboxylic acids is 2. The van der Waals surface area contributed by atoms with Gasteiger partial charge in [0.15, 0.2) is 5.17 Å².